The molecule has 0 atom stereocenters. The fourth-order valence-corrected chi connectivity index (χ4v) is 4.56. The molecule has 0 aliphatic heterocycles. The van der Waals surface area contributed by atoms with Crippen molar-refractivity contribution >= 4 is 60.3 Å². The average molecular weight is 367 g/mol. The van der Waals surface area contributed by atoms with Crippen molar-refractivity contribution in [3.05, 3.63) is 35.8 Å². The van der Waals surface area contributed by atoms with Crippen LogP contribution in [0.15, 0.2) is 25.3 Å². The minimum Gasteiger partial charge on any atom is -0.294 e. The van der Waals surface area contributed by atoms with Crippen LogP contribution in [0.1, 0.15) is 15.2 Å². The Morgan fingerprint density at radius 3 is 2.80 bits per heavy atom. The Morgan fingerprint density at radius 1 is 1.47 bits per heavy atom. The van der Waals surface area contributed by atoms with Gasteiger partial charge in [0.25, 0.3) is 0 Å². The quantitative estimate of drug-likeness (QED) is 0.763. The van der Waals surface area contributed by atoms with Gasteiger partial charge in [-0.3, -0.25) is 9.78 Å². The summed E-state index contributed by atoms with van der Waals surface area (Å²) in [6.45, 7) is 0. The van der Waals surface area contributed by atoms with E-state index in [0.29, 0.717) is 6.42 Å². The third kappa shape index (κ3) is 2.75. The maximum Gasteiger partial charge on any atom is 0.170 e. The van der Waals surface area contributed by atoms with E-state index in [9.17, 15) is 4.79 Å². The van der Waals surface area contributed by atoms with E-state index in [2.05, 4.69) is 36.8 Å². The second-order valence-electron chi connectivity index (χ2n) is 2.81. The van der Waals surface area contributed by atoms with Gasteiger partial charge in [0.15, 0.2) is 5.78 Å². The number of ketones is 1. The molecule has 0 saturated heterocycles. The zero-order valence-electron chi connectivity index (χ0n) is 7.37. The van der Waals surface area contributed by atoms with E-state index in [-0.39, 0.29) is 5.78 Å². The molecule has 0 N–H and O–H groups in total. The summed E-state index contributed by atoms with van der Waals surface area (Å²) in [4.78, 5) is 16.8. The second kappa shape index (κ2) is 4.86. The topological polar surface area (TPSA) is 30.0 Å². The van der Waals surface area contributed by atoms with Gasteiger partial charge in [-0.15, -0.1) is 22.7 Å². The summed E-state index contributed by atoms with van der Waals surface area (Å²) in [5.74, 6) is 0.119. The van der Waals surface area contributed by atoms with Gasteiger partial charge in [-0.2, -0.15) is 0 Å². The van der Waals surface area contributed by atoms with E-state index in [0.717, 1.165) is 18.0 Å². The maximum absolute atomic E-state index is 11.9. The van der Waals surface area contributed by atoms with Crippen LogP contribution in [0.3, 0.4) is 0 Å². The number of hydrogen-bond donors (Lipinski definition) is 0. The number of nitrogens with zero attached hydrogens (tertiary/aromatic N) is 1. The molecule has 2 heterocycles. The first-order valence-corrected chi connectivity index (χ1v) is 7.30. The molecule has 2 aromatic heterocycles. The summed E-state index contributed by atoms with van der Waals surface area (Å²) < 4.78 is 1.84. The van der Waals surface area contributed by atoms with Crippen LogP contribution in [-0.2, 0) is 6.42 Å². The van der Waals surface area contributed by atoms with Gasteiger partial charge in [0, 0.05) is 23.1 Å². The molecule has 0 amide bonds. The molecule has 2 rings (SSSR count). The Bertz CT molecular complexity index is 478. The third-order valence-corrected chi connectivity index (χ3v) is 4.89. The Labute approximate surface area is 112 Å². The van der Waals surface area contributed by atoms with E-state index in [1.807, 2.05) is 6.07 Å². The van der Waals surface area contributed by atoms with Crippen molar-refractivity contribution < 1.29 is 4.79 Å². The van der Waals surface area contributed by atoms with Crippen molar-refractivity contribution in [2.24, 2.45) is 0 Å². The predicted molar refractivity (Wildman–Crippen MR) is 69.9 cm³/mol. The Morgan fingerprint density at radius 2 is 2.27 bits per heavy atom. The molecule has 0 spiro atoms. The average Bonchev–Trinajstić information content (AvgIpc) is 2.75. The first-order valence-electron chi connectivity index (χ1n) is 4.02. The third-order valence-electron chi connectivity index (χ3n) is 1.78. The summed E-state index contributed by atoms with van der Waals surface area (Å²) in [6, 6.07) is 1.85. The molecule has 2 aromatic rings. The van der Waals surface area contributed by atoms with E-state index in [4.69, 9.17) is 0 Å². The second-order valence-corrected chi connectivity index (χ2v) is 7.53. The normalized spacial score (nSPS) is 10.5. The number of aromatic nitrogens is 1. The number of rotatable bonds is 3. The molecule has 6 heteroatoms. The van der Waals surface area contributed by atoms with Crippen molar-refractivity contribution in [2.45, 2.75) is 6.42 Å². The van der Waals surface area contributed by atoms with Crippen LogP contribution in [-0.4, -0.2) is 10.8 Å². The maximum atomic E-state index is 11.9. The molecule has 0 aliphatic carbocycles. The predicted octanol–water partition coefficient (Wildman–Crippen LogP) is 4.16. The fourth-order valence-electron chi connectivity index (χ4n) is 1.11. The molecule has 78 valence electrons. The van der Waals surface area contributed by atoms with Crippen molar-refractivity contribution in [3.8, 4) is 0 Å². The Kier molecular flexibility index (Phi) is 3.71. The van der Waals surface area contributed by atoms with E-state index in [1.54, 1.807) is 11.7 Å². The van der Waals surface area contributed by atoms with Crippen LogP contribution in [0, 0.1) is 0 Å². The first kappa shape index (κ1) is 11.4. The van der Waals surface area contributed by atoms with Crippen LogP contribution < -0.4 is 0 Å². The van der Waals surface area contributed by atoms with Crippen molar-refractivity contribution in [2.75, 3.05) is 0 Å². The lowest BCUT2D eigenvalue weighted by molar-refractivity contribution is 0.0993. The van der Waals surface area contributed by atoms with Gasteiger partial charge in [-0.25, -0.2) is 0 Å². The van der Waals surface area contributed by atoms with Crippen molar-refractivity contribution in [1.29, 1.82) is 0 Å². The van der Waals surface area contributed by atoms with Gasteiger partial charge in [0.05, 0.1) is 13.1 Å². The summed E-state index contributed by atoms with van der Waals surface area (Å²) in [5, 5.41) is 0. The number of thiazole rings is 1. The fraction of sp³-hybridized carbons (Fsp3) is 0.111. The van der Waals surface area contributed by atoms with Crippen LogP contribution in [0.4, 0.5) is 0 Å². The number of hydrogen-bond acceptors (Lipinski definition) is 4. The highest BCUT2D eigenvalue weighted by molar-refractivity contribution is 9.12. The summed E-state index contributed by atoms with van der Waals surface area (Å²) in [6.07, 6.45) is 2.16. The lowest BCUT2D eigenvalue weighted by atomic mass is 10.1. The minimum atomic E-state index is 0.119. The first-order chi connectivity index (χ1) is 7.16. The lowest BCUT2D eigenvalue weighted by Gasteiger charge is -1.95. The minimum absolute atomic E-state index is 0.119. The number of carbonyl (C=O) groups excluding carboxylic acids is 1. The zero-order valence-corrected chi connectivity index (χ0v) is 12.2. The summed E-state index contributed by atoms with van der Waals surface area (Å²) >= 11 is 9.75. The molecule has 15 heavy (non-hydrogen) atoms. The van der Waals surface area contributed by atoms with Gasteiger partial charge in [-0.1, -0.05) is 0 Å². The molecule has 2 nitrogen and oxygen atoms in total. The molecular weight excluding hydrogens is 362 g/mol. The highest BCUT2D eigenvalue weighted by atomic mass is 79.9. The van der Waals surface area contributed by atoms with E-state index >= 15 is 0 Å². The highest BCUT2D eigenvalue weighted by Crippen LogP contribution is 2.32. The molecule has 0 radical (unpaired) electrons. The van der Waals surface area contributed by atoms with E-state index in [1.165, 1.54) is 22.7 Å². The van der Waals surface area contributed by atoms with Gasteiger partial charge >= 0.3 is 0 Å². The zero-order chi connectivity index (χ0) is 10.8. The molecule has 0 fully saturated rings. The summed E-state index contributed by atoms with van der Waals surface area (Å²) in [7, 11) is 0. The number of carbonyl (C=O) groups is 1. The van der Waals surface area contributed by atoms with Gasteiger partial charge in [-0.05, 0) is 37.9 Å². The Balaban J connectivity index is 2.18. The van der Waals surface area contributed by atoms with Crippen LogP contribution >= 0.6 is 54.5 Å². The van der Waals surface area contributed by atoms with Gasteiger partial charge in [0.2, 0.25) is 0 Å². The smallest absolute Gasteiger partial charge is 0.170 e. The van der Waals surface area contributed by atoms with Crippen LogP contribution in [0.5, 0.6) is 0 Å². The molecule has 0 saturated carbocycles. The standard InChI is InChI=1S/C9H5Br2NOS2/c10-8-2-6(9(11)15-8)7(13)1-5-3-12-4-14-5/h2-4H,1H2. The SMILES string of the molecule is O=C(Cc1cncs1)c1cc(Br)sc1Br. The van der Waals surface area contributed by atoms with Crippen molar-refractivity contribution in [1.82, 2.24) is 4.98 Å². The largest absolute Gasteiger partial charge is 0.294 e. The number of halogens is 2. The molecule has 0 aromatic carbocycles. The monoisotopic (exact) mass is 365 g/mol. The Hall–Kier alpha value is -0.0400. The van der Waals surface area contributed by atoms with Crippen LogP contribution in [0.2, 0.25) is 0 Å². The van der Waals surface area contributed by atoms with Gasteiger partial charge in [0.1, 0.15) is 0 Å². The lowest BCUT2D eigenvalue weighted by Crippen LogP contribution is -2.01. The summed E-state index contributed by atoms with van der Waals surface area (Å²) in [5.41, 5.74) is 2.47. The van der Waals surface area contributed by atoms with E-state index < -0.39 is 0 Å². The van der Waals surface area contributed by atoms with Crippen LogP contribution in [0.25, 0.3) is 0 Å². The highest BCUT2D eigenvalue weighted by Gasteiger charge is 2.14. The number of thiophene rings is 1. The molecule has 0 aliphatic rings. The molecular formula is C9H5Br2NOS2. The van der Waals surface area contributed by atoms with Crippen molar-refractivity contribution in [3.63, 3.8) is 0 Å². The number of Topliss-reactive ketones (excluding diaryl/α,β-unsaturated/α-hetero) is 1. The van der Waals surface area contributed by atoms with Gasteiger partial charge < -0.3 is 0 Å². The molecule has 0 bridgehead atoms. The molecule has 0 unspecified atom stereocenters.